The summed E-state index contributed by atoms with van der Waals surface area (Å²) in [5, 5.41) is 12.3. The molecule has 0 saturated carbocycles. The lowest BCUT2D eigenvalue weighted by molar-refractivity contribution is 0.000369. The van der Waals surface area contributed by atoms with Crippen molar-refractivity contribution in [3.8, 4) is 11.5 Å². The zero-order valence-electron chi connectivity index (χ0n) is 24.5. The van der Waals surface area contributed by atoms with Gasteiger partial charge in [-0.2, -0.15) is 0 Å². The minimum atomic E-state index is -2.40. The van der Waals surface area contributed by atoms with Gasteiger partial charge in [0.05, 0.1) is 25.4 Å². The quantitative estimate of drug-likeness (QED) is 0.232. The lowest BCUT2D eigenvalue weighted by Crippen LogP contribution is -2.48. The summed E-state index contributed by atoms with van der Waals surface area (Å²) in [5.41, 5.74) is 3.19. The predicted molar refractivity (Wildman–Crippen MR) is 157 cm³/mol. The molecule has 3 aromatic carbocycles. The molecule has 212 valence electrons. The van der Waals surface area contributed by atoms with E-state index in [0.29, 0.717) is 39.3 Å². The summed E-state index contributed by atoms with van der Waals surface area (Å²) in [4.78, 5) is 38.6. The Morgan fingerprint density at radius 3 is 2.20 bits per heavy atom. The van der Waals surface area contributed by atoms with Gasteiger partial charge in [0.1, 0.15) is 17.6 Å². The second-order valence-corrected chi connectivity index (χ2v) is 16.8. The number of aromatic hydroxyl groups is 1. The van der Waals surface area contributed by atoms with Crippen molar-refractivity contribution in [3.05, 3.63) is 69.3 Å². The number of hydrogen-bond acceptors (Lipinski definition) is 7. The molecule has 0 heterocycles. The number of carbonyl (C=O) groups excluding carboxylic acids is 3. The Morgan fingerprint density at radius 2 is 1.65 bits per heavy atom. The molecule has 0 unspecified atom stereocenters. The molecule has 7 nitrogen and oxygen atoms in total. The molecule has 0 radical (unpaired) electrons. The van der Waals surface area contributed by atoms with Crippen LogP contribution in [0, 0.1) is 13.8 Å². The first-order valence-electron chi connectivity index (χ1n) is 13.4. The number of hydrogen-bond donors (Lipinski definition) is 1. The van der Waals surface area contributed by atoms with Gasteiger partial charge in [0.25, 0.3) is 0 Å². The number of methoxy groups -OCH3 is 1. The normalized spacial score (nSPS) is 17.6. The van der Waals surface area contributed by atoms with Crippen LogP contribution in [0.4, 0.5) is 0 Å². The maximum Gasteiger partial charge on any atom is 0.194 e. The summed E-state index contributed by atoms with van der Waals surface area (Å²) in [6, 6.07) is 9.19. The van der Waals surface area contributed by atoms with Crippen LogP contribution in [0.5, 0.6) is 11.5 Å². The lowest BCUT2D eigenvalue weighted by Gasteiger charge is -2.41. The van der Waals surface area contributed by atoms with E-state index < -0.39 is 20.5 Å². The molecule has 4 rings (SSSR count). The van der Waals surface area contributed by atoms with Crippen LogP contribution in [-0.2, 0) is 15.8 Å². The topological polar surface area (TPSA) is 99.1 Å². The van der Waals surface area contributed by atoms with E-state index in [0.717, 1.165) is 17.6 Å². The number of ether oxygens (including phenoxy) is 2. The van der Waals surface area contributed by atoms with Crippen LogP contribution in [0.25, 0.3) is 10.8 Å². The molecule has 0 bridgehead atoms. The molecular weight excluding hydrogens is 524 g/mol. The molecule has 1 aliphatic rings. The highest BCUT2D eigenvalue weighted by atomic mass is 28.4. The zero-order valence-corrected chi connectivity index (χ0v) is 25.5. The van der Waals surface area contributed by atoms with Gasteiger partial charge in [-0.05, 0) is 72.3 Å². The third-order valence-corrected chi connectivity index (χ3v) is 13.0. The molecule has 0 spiro atoms. The second-order valence-electron chi connectivity index (χ2n) is 12.1. The Balaban J connectivity index is 1.92. The first-order valence-corrected chi connectivity index (χ1v) is 16.4. The SMILES string of the molecule is COc1ccc(CO[C@H]2C[C@H](O[Si](C)(C)C(C)(C)C)C(=O)c3c2c(C=O)c2cc(C)c(C=O)c(C)c2c3O)cc1. The molecule has 3 aromatic rings. The lowest BCUT2D eigenvalue weighted by atomic mass is 9.79. The number of aldehydes is 2. The van der Waals surface area contributed by atoms with Crippen molar-refractivity contribution >= 4 is 37.4 Å². The highest BCUT2D eigenvalue weighted by molar-refractivity contribution is 6.74. The van der Waals surface area contributed by atoms with Crippen LogP contribution >= 0.6 is 0 Å². The van der Waals surface area contributed by atoms with Gasteiger partial charge < -0.3 is 19.0 Å². The monoisotopic (exact) mass is 562 g/mol. The minimum absolute atomic E-state index is 0.0353. The van der Waals surface area contributed by atoms with E-state index in [1.807, 2.05) is 24.3 Å². The number of benzene rings is 3. The molecule has 8 heteroatoms. The van der Waals surface area contributed by atoms with Gasteiger partial charge in [0.15, 0.2) is 26.7 Å². The van der Waals surface area contributed by atoms with E-state index in [1.165, 1.54) is 0 Å². The Hall–Kier alpha value is -3.33. The third-order valence-electron chi connectivity index (χ3n) is 8.54. The van der Waals surface area contributed by atoms with E-state index >= 15 is 0 Å². The van der Waals surface area contributed by atoms with E-state index in [-0.39, 0.29) is 40.7 Å². The standard InChI is InChI=1S/C32H38O7Si/c1-18-13-22-24(16-34)28-25(38-17-20-9-11-21(37-6)12-10-20)14-26(39-40(7,8)32(3,4)5)30(35)29(28)31(36)27(22)19(2)23(18)15-33/h9-13,15-16,25-26,36H,14,17H2,1-8H3/t25-,26-/m0/s1. The van der Waals surface area contributed by atoms with Crippen molar-refractivity contribution in [2.45, 2.75) is 78.0 Å². The summed E-state index contributed by atoms with van der Waals surface area (Å²) < 4.78 is 18.3. The Kier molecular flexibility index (Phi) is 8.09. The van der Waals surface area contributed by atoms with Gasteiger partial charge in [-0.15, -0.1) is 0 Å². The van der Waals surface area contributed by atoms with Gasteiger partial charge in [-0.3, -0.25) is 14.4 Å². The first kappa shape index (κ1) is 29.6. The van der Waals surface area contributed by atoms with E-state index in [2.05, 4.69) is 33.9 Å². The molecular formula is C32H38O7Si. The fraction of sp³-hybridized carbons (Fsp3) is 0.406. The summed E-state index contributed by atoms with van der Waals surface area (Å²) in [6.07, 6.45) is 0.117. The van der Waals surface area contributed by atoms with Crippen LogP contribution in [0.3, 0.4) is 0 Å². The van der Waals surface area contributed by atoms with Crippen LogP contribution in [-0.4, -0.2) is 45.0 Å². The predicted octanol–water partition coefficient (Wildman–Crippen LogP) is 7.03. The smallest absolute Gasteiger partial charge is 0.194 e. The molecule has 0 aromatic heterocycles. The fourth-order valence-corrected chi connectivity index (χ4v) is 6.49. The maximum absolute atomic E-state index is 14.1. The van der Waals surface area contributed by atoms with Crippen LogP contribution in [0.1, 0.15) is 86.6 Å². The highest BCUT2D eigenvalue weighted by Crippen LogP contribution is 2.48. The van der Waals surface area contributed by atoms with E-state index in [4.69, 9.17) is 13.9 Å². The van der Waals surface area contributed by atoms with Crippen molar-refractivity contribution in [3.63, 3.8) is 0 Å². The van der Waals surface area contributed by atoms with Gasteiger partial charge in [-0.25, -0.2) is 0 Å². The zero-order chi connectivity index (χ0) is 29.6. The van der Waals surface area contributed by atoms with Gasteiger partial charge >= 0.3 is 0 Å². The van der Waals surface area contributed by atoms with Crippen LogP contribution in [0.15, 0.2) is 30.3 Å². The summed E-state index contributed by atoms with van der Waals surface area (Å²) in [7, 11) is -0.796. The molecule has 0 amide bonds. The minimum Gasteiger partial charge on any atom is -0.507 e. The Bertz CT molecular complexity index is 1480. The number of aryl methyl sites for hydroxylation is 2. The fourth-order valence-electron chi connectivity index (χ4n) is 5.23. The van der Waals surface area contributed by atoms with Gasteiger partial charge in [0.2, 0.25) is 0 Å². The molecule has 1 N–H and O–H groups in total. The number of carbonyl (C=O) groups is 3. The first-order chi connectivity index (χ1) is 18.7. The molecule has 2 atom stereocenters. The molecule has 1 aliphatic carbocycles. The number of phenols is 1. The second kappa shape index (κ2) is 10.9. The number of Topliss-reactive ketones (excluding diaryl/α,β-unsaturated/α-hetero) is 1. The molecule has 0 saturated heterocycles. The van der Waals surface area contributed by atoms with Crippen molar-refractivity contribution in [1.82, 2.24) is 0 Å². The van der Waals surface area contributed by atoms with E-state index in [9.17, 15) is 19.5 Å². The van der Waals surface area contributed by atoms with Crippen molar-refractivity contribution < 1.29 is 33.4 Å². The van der Waals surface area contributed by atoms with Gasteiger partial charge in [0, 0.05) is 28.5 Å². The van der Waals surface area contributed by atoms with Crippen LogP contribution < -0.4 is 4.74 Å². The van der Waals surface area contributed by atoms with Crippen molar-refractivity contribution in [2.75, 3.05) is 7.11 Å². The Morgan fingerprint density at radius 1 is 1.02 bits per heavy atom. The van der Waals surface area contributed by atoms with Crippen LogP contribution in [0.2, 0.25) is 18.1 Å². The Labute approximate surface area is 236 Å². The summed E-state index contributed by atoms with van der Waals surface area (Å²) >= 11 is 0. The molecule has 0 aliphatic heterocycles. The van der Waals surface area contributed by atoms with Crippen molar-refractivity contribution in [2.24, 2.45) is 0 Å². The molecule has 0 fully saturated rings. The summed E-state index contributed by atoms with van der Waals surface area (Å²) in [6.45, 7) is 14.2. The van der Waals surface area contributed by atoms with Crippen molar-refractivity contribution in [1.29, 1.82) is 0 Å². The number of phenolic OH excluding ortho intramolecular Hbond substituents is 1. The van der Waals surface area contributed by atoms with E-state index in [1.54, 1.807) is 27.0 Å². The number of rotatable bonds is 8. The number of fused-ring (bicyclic) bond motifs is 2. The molecule has 40 heavy (non-hydrogen) atoms. The summed E-state index contributed by atoms with van der Waals surface area (Å²) in [5.74, 6) is 0.0993. The average molecular weight is 563 g/mol. The van der Waals surface area contributed by atoms with Gasteiger partial charge in [-0.1, -0.05) is 32.9 Å². The highest BCUT2D eigenvalue weighted by Gasteiger charge is 2.46. The largest absolute Gasteiger partial charge is 0.507 e. The third kappa shape index (κ3) is 5.11. The maximum atomic E-state index is 14.1. The number of ketones is 1. The average Bonchev–Trinajstić information content (AvgIpc) is 2.89.